The average molecular weight is 558 g/mol. The molecule has 40 heavy (non-hydrogen) atoms. The van der Waals surface area contributed by atoms with E-state index in [0.29, 0.717) is 12.9 Å². The maximum atomic E-state index is 13.6. The first kappa shape index (κ1) is 27.5. The van der Waals surface area contributed by atoms with Crippen molar-refractivity contribution in [3.05, 3.63) is 162 Å². The summed E-state index contributed by atoms with van der Waals surface area (Å²) in [5.74, 6) is -0.244. The minimum absolute atomic E-state index is 0.244. The SMILES string of the molecule is CS(=O)(=O)O.Fc1ccc(C2OCCn3c[n+](C(c4ccccc4)(c4ccccc4)c4ccccc4)cc32)cc1. The lowest BCUT2D eigenvalue weighted by atomic mass is 9.77. The van der Waals surface area contributed by atoms with Crippen LogP contribution < -0.4 is 4.57 Å². The van der Waals surface area contributed by atoms with E-state index in [4.69, 9.17) is 9.29 Å². The Morgan fingerprint density at radius 1 is 0.825 bits per heavy atom. The average Bonchev–Trinajstić information content (AvgIpc) is 3.40. The van der Waals surface area contributed by atoms with E-state index < -0.39 is 15.7 Å². The van der Waals surface area contributed by atoms with Gasteiger partial charge in [-0.15, -0.1) is 0 Å². The standard InChI is InChI=1S/C31H26FN2O.CH4O3S/c32-28-18-16-24(17-19-28)30-29-22-34(23-33(29)20-21-35-30)31(25-10-4-1-5-11-25,26-12-6-2-7-13-26)27-14-8-3-9-15-27;1-5(2,3)4/h1-19,22-23,30H,20-21H2;1H3,(H,2,3,4)/q+1;. The highest BCUT2D eigenvalue weighted by molar-refractivity contribution is 7.85. The summed E-state index contributed by atoms with van der Waals surface area (Å²) in [4.78, 5) is 0. The van der Waals surface area contributed by atoms with Gasteiger partial charge in [-0.05, 0) is 17.7 Å². The van der Waals surface area contributed by atoms with Crippen LogP contribution in [0, 0.1) is 5.82 Å². The van der Waals surface area contributed by atoms with Crippen molar-refractivity contribution < 1.29 is 26.7 Å². The molecule has 4 aromatic carbocycles. The summed E-state index contributed by atoms with van der Waals surface area (Å²) in [6, 6.07) is 38.5. The van der Waals surface area contributed by atoms with Crippen LogP contribution >= 0.6 is 0 Å². The fraction of sp³-hybridized carbons (Fsp3) is 0.156. The van der Waals surface area contributed by atoms with Crippen LogP contribution in [0.5, 0.6) is 0 Å². The molecule has 1 aromatic heterocycles. The molecule has 0 aliphatic carbocycles. The highest BCUT2D eigenvalue weighted by Gasteiger charge is 2.45. The number of fused-ring (bicyclic) bond motifs is 1. The highest BCUT2D eigenvalue weighted by atomic mass is 32.2. The fourth-order valence-corrected chi connectivity index (χ4v) is 5.30. The van der Waals surface area contributed by atoms with Crippen molar-refractivity contribution in [3.63, 3.8) is 0 Å². The smallest absolute Gasteiger partial charge is 0.261 e. The lowest BCUT2D eigenvalue weighted by Crippen LogP contribution is -2.57. The molecule has 0 saturated carbocycles. The Kier molecular flexibility index (Phi) is 7.93. The maximum absolute atomic E-state index is 13.6. The minimum atomic E-state index is -3.67. The number of nitrogens with zero attached hydrogens (tertiary/aromatic N) is 2. The Bertz CT molecular complexity index is 1550. The van der Waals surface area contributed by atoms with Gasteiger partial charge in [0.25, 0.3) is 10.1 Å². The van der Waals surface area contributed by atoms with Gasteiger partial charge < -0.3 is 4.74 Å². The molecule has 1 atom stereocenters. The number of hydrogen-bond donors (Lipinski definition) is 1. The summed E-state index contributed by atoms with van der Waals surface area (Å²) in [7, 11) is -3.67. The summed E-state index contributed by atoms with van der Waals surface area (Å²) >= 11 is 0. The number of aromatic nitrogens is 2. The molecule has 1 unspecified atom stereocenters. The summed E-state index contributed by atoms with van der Waals surface area (Å²) < 4.78 is 50.3. The van der Waals surface area contributed by atoms with Gasteiger partial charge >= 0.3 is 0 Å². The first-order chi connectivity index (χ1) is 19.3. The summed E-state index contributed by atoms with van der Waals surface area (Å²) in [5, 5.41) is 0. The van der Waals surface area contributed by atoms with Crippen LogP contribution in [0.3, 0.4) is 0 Å². The second-order valence-electron chi connectivity index (χ2n) is 9.61. The highest BCUT2D eigenvalue weighted by Crippen LogP contribution is 2.38. The Hall–Kier alpha value is -4.11. The molecular formula is C32H30FN2O4S+. The zero-order valence-electron chi connectivity index (χ0n) is 22.0. The Labute approximate surface area is 233 Å². The van der Waals surface area contributed by atoms with Crippen LogP contribution in [0.4, 0.5) is 4.39 Å². The predicted molar refractivity (Wildman–Crippen MR) is 151 cm³/mol. The van der Waals surface area contributed by atoms with Crippen LogP contribution in [0.2, 0.25) is 0 Å². The second kappa shape index (κ2) is 11.6. The molecule has 6 nitrogen and oxygen atoms in total. The van der Waals surface area contributed by atoms with Crippen molar-refractivity contribution >= 4 is 10.1 Å². The van der Waals surface area contributed by atoms with Crippen molar-refractivity contribution in [3.8, 4) is 0 Å². The molecular weight excluding hydrogens is 527 g/mol. The largest absolute Gasteiger partial charge is 0.361 e. The van der Waals surface area contributed by atoms with Crippen LogP contribution in [0.1, 0.15) is 34.1 Å². The molecule has 0 fully saturated rings. The van der Waals surface area contributed by atoms with Crippen molar-refractivity contribution in [1.29, 1.82) is 0 Å². The van der Waals surface area contributed by atoms with Crippen LogP contribution in [0.25, 0.3) is 0 Å². The van der Waals surface area contributed by atoms with E-state index in [1.165, 1.54) is 28.8 Å². The maximum Gasteiger partial charge on any atom is 0.261 e. The van der Waals surface area contributed by atoms with E-state index in [-0.39, 0.29) is 11.9 Å². The number of rotatable bonds is 5. The normalized spacial score (nSPS) is 15.0. The Morgan fingerprint density at radius 3 is 1.73 bits per heavy atom. The quantitative estimate of drug-likeness (QED) is 0.179. The lowest BCUT2D eigenvalue weighted by molar-refractivity contribution is -0.734. The third kappa shape index (κ3) is 5.74. The van der Waals surface area contributed by atoms with E-state index in [1.807, 2.05) is 12.1 Å². The van der Waals surface area contributed by atoms with E-state index in [0.717, 1.165) is 17.8 Å². The van der Waals surface area contributed by atoms with Crippen LogP contribution in [-0.4, -0.2) is 30.4 Å². The first-order valence-electron chi connectivity index (χ1n) is 12.8. The van der Waals surface area contributed by atoms with Gasteiger partial charge in [0.15, 0.2) is 11.2 Å². The third-order valence-corrected chi connectivity index (χ3v) is 6.89. The molecule has 0 spiro atoms. The Balaban J connectivity index is 0.000000595. The van der Waals surface area contributed by atoms with Gasteiger partial charge in [0, 0.05) is 16.7 Å². The van der Waals surface area contributed by atoms with E-state index in [2.05, 4.69) is 113 Å². The lowest BCUT2D eigenvalue weighted by Gasteiger charge is -2.32. The molecule has 8 heteroatoms. The molecule has 6 rings (SSSR count). The number of ether oxygens (including phenoxy) is 1. The molecule has 0 saturated heterocycles. The van der Waals surface area contributed by atoms with Crippen molar-refractivity contribution in [2.75, 3.05) is 12.9 Å². The van der Waals surface area contributed by atoms with Gasteiger partial charge in [0.2, 0.25) is 6.33 Å². The van der Waals surface area contributed by atoms with Crippen molar-refractivity contribution in [2.24, 2.45) is 0 Å². The van der Waals surface area contributed by atoms with Gasteiger partial charge in [-0.2, -0.15) is 8.42 Å². The molecule has 5 aromatic rings. The molecule has 1 aliphatic rings. The predicted octanol–water partition coefficient (Wildman–Crippen LogP) is 5.38. The van der Waals surface area contributed by atoms with Gasteiger partial charge in [-0.25, -0.2) is 13.5 Å². The topological polar surface area (TPSA) is 72.4 Å². The van der Waals surface area contributed by atoms with Crippen LogP contribution in [-0.2, 0) is 26.9 Å². The number of imidazole rings is 1. The first-order valence-corrected chi connectivity index (χ1v) is 14.7. The molecule has 2 heterocycles. The molecule has 1 aliphatic heterocycles. The third-order valence-electron chi connectivity index (χ3n) is 6.89. The van der Waals surface area contributed by atoms with Crippen molar-refractivity contribution in [1.82, 2.24) is 4.57 Å². The molecule has 204 valence electrons. The van der Waals surface area contributed by atoms with Crippen molar-refractivity contribution in [2.45, 2.75) is 18.2 Å². The van der Waals surface area contributed by atoms with Gasteiger partial charge in [0.1, 0.15) is 24.7 Å². The second-order valence-corrected chi connectivity index (χ2v) is 11.1. The molecule has 0 radical (unpaired) electrons. The van der Waals surface area contributed by atoms with Gasteiger partial charge in [-0.3, -0.25) is 4.55 Å². The Morgan fingerprint density at radius 2 is 1.27 bits per heavy atom. The molecule has 0 amide bonds. The van der Waals surface area contributed by atoms with E-state index in [9.17, 15) is 12.8 Å². The monoisotopic (exact) mass is 557 g/mol. The summed E-state index contributed by atoms with van der Waals surface area (Å²) in [6.45, 7) is 1.35. The zero-order chi connectivity index (χ0) is 28.2. The number of benzene rings is 4. The summed E-state index contributed by atoms with van der Waals surface area (Å²) in [6.07, 6.45) is 4.85. The van der Waals surface area contributed by atoms with E-state index >= 15 is 0 Å². The fourth-order valence-electron chi connectivity index (χ4n) is 5.30. The van der Waals surface area contributed by atoms with E-state index in [1.54, 1.807) is 0 Å². The summed E-state index contributed by atoms with van der Waals surface area (Å²) in [5.41, 5.74) is 4.93. The molecule has 1 N–H and O–H groups in total. The number of hydrogen-bond acceptors (Lipinski definition) is 3. The molecule has 0 bridgehead atoms. The van der Waals surface area contributed by atoms with Gasteiger partial charge in [-0.1, -0.05) is 103 Å². The van der Waals surface area contributed by atoms with Gasteiger partial charge in [0.05, 0.1) is 12.9 Å². The number of halogens is 1. The minimum Gasteiger partial charge on any atom is -0.361 e. The zero-order valence-corrected chi connectivity index (χ0v) is 22.8. The van der Waals surface area contributed by atoms with Crippen LogP contribution in [0.15, 0.2) is 128 Å².